The van der Waals surface area contributed by atoms with Gasteiger partial charge in [-0.3, -0.25) is 14.5 Å². The van der Waals surface area contributed by atoms with Gasteiger partial charge in [0, 0.05) is 31.6 Å². The summed E-state index contributed by atoms with van der Waals surface area (Å²) in [5.41, 5.74) is 3.06. The van der Waals surface area contributed by atoms with Crippen LogP contribution in [0.15, 0.2) is 77.5 Å². The molecule has 2 heterocycles. The van der Waals surface area contributed by atoms with Gasteiger partial charge in [0.05, 0.1) is 18.2 Å². The Balaban J connectivity index is 1.35. The molecule has 0 spiro atoms. The summed E-state index contributed by atoms with van der Waals surface area (Å²) in [6.45, 7) is 3.24. The molecule has 1 fully saturated rings. The molecule has 6 heteroatoms. The molecule has 1 aromatic heterocycles. The molecule has 5 nitrogen and oxygen atoms in total. The third kappa shape index (κ3) is 6.05. The molecule has 0 bridgehead atoms. The number of hydrogen-bond acceptors (Lipinski definition) is 4. The summed E-state index contributed by atoms with van der Waals surface area (Å²) in [6, 6.07) is 22.2. The van der Waals surface area contributed by atoms with Gasteiger partial charge >= 0.3 is 0 Å². The van der Waals surface area contributed by atoms with Crippen molar-refractivity contribution in [2.24, 2.45) is 0 Å². The molecule has 1 unspecified atom stereocenters. The minimum Gasteiger partial charge on any atom is -0.348 e. The highest BCUT2D eigenvalue weighted by molar-refractivity contribution is 7.08. The summed E-state index contributed by atoms with van der Waals surface area (Å²) < 4.78 is 0. The van der Waals surface area contributed by atoms with Crippen molar-refractivity contribution in [2.45, 2.75) is 18.9 Å². The van der Waals surface area contributed by atoms with Gasteiger partial charge in [-0.1, -0.05) is 60.7 Å². The van der Waals surface area contributed by atoms with Crippen molar-refractivity contribution < 1.29 is 9.59 Å². The Morgan fingerprint density at radius 2 is 1.66 bits per heavy atom. The second-order valence-corrected chi connectivity index (χ2v) is 8.93. The van der Waals surface area contributed by atoms with Crippen LogP contribution in [0.1, 0.15) is 33.9 Å². The molecule has 2 aromatic carbocycles. The molecule has 1 saturated heterocycles. The quantitative estimate of drug-likeness (QED) is 0.596. The van der Waals surface area contributed by atoms with Gasteiger partial charge in [0.25, 0.3) is 5.91 Å². The van der Waals surface area contributed by atoms with Crippen LogP contribution < -0.4 is 5.32 Å². The largest absolute Gasteiger partial charge is 0.348 e. The van der Waals surface area contributed by atoms with E-state index in [0.717, 1.165) is 37.1 Å². The van der Waals surface area contributed by atoms with Crippen molar-refractivity contribution in [1.29, 1.82) is 0 Å². The number of nitrogens with one attached hydrogen (secondary N) is 1. The maximum Gasteiger partial charge on any atom is 0.254 e. The molecule has 4 rings (SSSR count). The minimum atomic E-state index is -0.0743. The van der Waals surface area contributed by atoms with E-state index in [-0.39, 0.29) is 17.9 Å². The number of thiophene rings is 1. The van der Waals surface area contributed by atoms with E-state index in [1.807, 2.05) is 58.1 Å². The third-order valence-electron chi connectivity index (χ3n) is 5.83. The van der Waals surface area contributed by atoms with E-state index in [1.165, 1.54) is 16.9 Å². The van der Waals surface area contributed by atoms with E-state index in [9.17, 15) is 9.59 Å². The van der Waals surface area contributed by atoms with E-state index >= 15 is 0 Å². The molecular weight excluding hydrogens is 418 g/mol. The number of nitrogens with zero attached hydrogens (tertiary/aromatic N) is 2. The first-order chi connectivity index (χ1) is 15.7. The summed E-state index contributed by atoms with van der Waals surface area (Å²) in [7, 11) is 0. The monoisotopic (exact) mass is 447 g/mol. The maximum absolute atomic E-state index is 13.0. The van der Waals surface area contributed by atoms with Crippen molar-refractivity contribution >= 4 is 23.2 Å². The average Bonchev–Trinajstić information content (AvgIpc) is 3.27. The van der Waals surface area contributed by atoms with Crippen LogP contribution in [-0.2, 0) is 11.2 Å². The highest BCUT2D eigenvalue weighted by atomic mass is 32.1. The molecule has 3 aromatic rings. The van der Waals surface area contributed by atoms with E-state index in [4.69, 9.17) is 0 Å². The molecule has 32 heavy (non-hydrogen) atoms. The molecule has 1 atom stereocenters. The van der Waals surface area contributed by atoms with E-state index in [2.05, 4.69) is 34.5 Å². The van der Waals surface area contributed by atoms with Crippen LogP contribution in [0, 0.1) is 0 Å². The summed E-state index contributed by atoms with van der Waals surface area (Å²) in [4.78, 5) is 29.7. The Hall–Kier alpha value is -2.96. The van der Waals surface area contributed by atoms with Crippen molar-refractivity contribution in [1.82, 2.24) is 15.1 Å². The van der Waals surface area contributed by atoms with Gasteiger partial charge in [-0.25, -0.2) is 0 Å². The Bertz CT molecular complexity index is 992. The third-order valence-corrected chi connectivity index (χ3v) is 6.51. The average molecular weight is 448 g/mol. The lowest BCUT2D eigenvalue weighted by molar-refractivity contribution is -0.123. The lowest BCUT2D eigenvalue weighted by Crippen LogP contribution is -2.41. The molecule has 0 saturated carbocycles. The Morgan fingerprint density at radius 1 is 0.906 bits per heavy atom. The van der Waals surface area contributed by atoms with E-state index in [0.29, 0.717) is 19.6 Å². The number of hydrogen-bond donors (Lipinski definition) is 1. The predicted molar refractivity (Wildman–Crippen MR) is 129 cm³/mol. The van der Waals surface area contributed by atoms with Crippen molar-refractivity contribution in [3.8, 4) is 0 Å². The second kappa shape index (κ2) is 11.1. The smallest absolute Gasteiger partial charge is 0.254 e. The standard InChI is InChI=1S/C26H29N3O2S/c30-25(19-28-13-7-14-29(16-15-28)26(31)23-12-17-32-20-23)27-24(22-10-5-2-6-11-22)18-21-8-3-1-4-9-21/h1-6,8-12,17,20,24H,7,13-16,18-19H2,(H,27,30). The van der Waals surface area contributed by atoms with Gasteiger partial charge in [0.2, 0.25) is 5.91 Å². The fourth-order valence-corrected chi connectivity index (χ4v) is 4.76. The Morgan fingerprint density at radius 3 is 2.38 bits per heavy atom. The van der Waals surface area contributed by atoms with Crippen molar-refractivity contribution in [3.63, 3.8) is 0 Å². The summed E-state index contributed by atoms with van der Waals surface area (Å²) in [5.74, 6) is 0.108. The first kappa shape index (κ1) is 22.2. The van der Waals surface area contributed by atoms with Gasteiger partial charge in [0.1, 0.15) is 0 Å². The van der Waals surface area contributed by atoms with E-state index < -0.39 is 0 Å². The number of carbonyl (C=O) groups excluding carboxylic acids is 2. The maximum atomic E-state index is 13.0. The van der Waals surface area contributed by atoms with Crippen LogP contribution in [0.25, 0.3) is 0 Å². The number of benzene rings is 2. The zero-order chi connectivity index (χ0) is 22.2. The van der Waals surface area contributed by atoms with Crippen molar-refractivity contribution in [2.75, 3.05) is 32.7 Å². The molecule has 0 radical (unpaired) electrons. The minimum absolute atomic E-state index is 0.0207. The number of carbonyl (C=O) groups is 2. The zero-order valence-corrected chi connectivity index (χ0v) is 19.0. The van der Waals surface area contributed by atoms with Crippen LogP contribution in [-0.4, -0.2) is 54.3 Å². The van der Waals surface area contributed by atoms with Gasteiger partial charge in [0.15, 0.2) is 0 Å². The lowest BCUT2D eigenvalue weighted by Gasteiger charge is -2.24. The summed E-state index contributed by atoms with van der Waals surface area (Å²) >= 11 is 1.54. The topological polar surface area (TPSA) is 52.7 Å². The number of amides is 2. The molecule has 166 valence electrons. The van der Waals surface area contributed by atoms with Gasteiger partial charge in [-0.15, -0.1) is 0 Å². The SMILES string of the molecule is O=C(CN1CCCN(C(=O)c2ccsc2)CC1)NC(Cc1ccccc1)c1ccccc1. The van der Waals surface area contributed by atoms with Gasteiger partial charge in [-0.05, 0) is 35.4 Å². The first-order valence-corrected chi connectivity index (χ1v) is 12.1. The Labute approximate surface area is 193 Å². The molecule has 2 amide bonds. The van der Waals surface area contributed by atoms with Crippen LogP contribution >= 0.6 is 11.3 Å². The Kier molecular flexibility index (Phi) is 7.69. The zero-order valence-electron chi connectivity index (χ0n) is 18.2. The van der Waals surface area contributed by atoms with Gasteiger partial charge in [-0.2, -0.15) is 11.3 Å². The summed E-state index contributed by atoms with van der Waals surface area (Å²) in [5, 5.41) is 7.07. The van der Waals surface area contributed by atoms with Gasteiger partial charge < -0.3 is 10.2 Å². The summed E-state index contributed by atoms with van der Waals surface area (Å²) in [6.07, 6.45) is 1.62. The van der Waals surface area contributed by atoms with Crippen molar-refractivity contribution in [3.05, 3.63) is 94.2 Å². The fraction of sp³-hybridized carbons (Fsp3) is 0.308. The molecule has 1 N–H and O–H groups in total. The highest BCUT2D eigenvalue weighted by Crippen LogP contribution is 2.19. The normalized spacial score (nSPS) is 15.7. The molecule has 1 aliphatic rings. The van der Waals surface area contributed by atoms with Crippen LogP contribution in [0.3, 0.4) is 0 Å². The number of rotatable bonds is 7. The second-order valence-electron chi connectivity index (χ2n) is 8.15. The van der Waals surface area contributed by atoms with Crippen LogP contribution in [0.4, 0.5) is 0 Å². The first-order valence-electron chi connectivity index (χ1n) is 11.1. The van der Waals surface area contributed by atoms with Crippen LogP contribution in [0.5, 0.6) is 0 Å². The lowest BCUT2D eigenvalue weighted by atomic mass is 9.99. The van der Waals surface area contributed by atoms with Crippen LogP contribution in [0.2, 0.25) is 0 Å². The molecule has 0 aliphatic carbocycles. The fourth-order valence-electron chi connectivity index (χ4n) is 4.13. The highest BCUT2D eigenvalue weighted by Gasteiger charge is 2.23. The molecular formula is C26H29N3O2S. The predicted octanol–water partition coefficient (Wildman–Crippen LogP) is 4.00. The molecule has 1 aliphatic heterocycles. The van der Waals surface area contributed by atoms with E-state index in [1.54, 1.807) is 0 Å².